The van der Waals surface area contributed by atoms with Gasteiger partial charge in [0.15, 0.2) is 14.9 Å². The van der Waals surface area contributed by atoms with Crippen molar-refractivity contribution in [3.05, 3.63) is 18.3 Å². The van der Waals surface area contributed by atoms with E-state index < -0.39 is 9.84 Å². The second-order valence-electron chi connectivity index (χ2n) is 4.68. The quantitative estimate of drug-likeness (QED) is 0.897. The van der Waals surface area contributed by atoms with Crippen molar-refractivity contribution < 1.29 is 13.2 Å². The van der Waals surface area contributed by atoms with Crippen LogP contribution in [0.15, 0.2) is 23.4 Å². The summed E-state index contributed by atoms with van der Waals surface area (Å²) >= 11 is 0. The number of sulfone groups is 1. The van der Waals surface area contributed by atoms with Crippen LogP contribution in [-0.2, 0) is 14.6 Å². The molecule has 18 heavy (non-hydrogen) atoms. The highest BCUT2D eigenvalue weighted by Crippen LogP contribution is 2.19. The van der Waals surface area contributed by atoms with Crippen LogP contribution in [-0.4, -0.2) is 38.4 Å². The van der Waals surface area contributed by atoms with Gasteiger partial charge in [0.25, 0.3) is 0 Å². The Hall–Kier alpha value is -1.14. The van der Waals surface area contributed by atoms with Gasteiger partial charge in [0.1, 0.15) is 0 Å². The molecule has 2 atom stereocenters. The number of hydrogen-bond acceptors (Lipinski definition) is 5. The maximum Gasteiger partial charge on any atom is 0.192 e. The van der Waals surface area contributed by atoms with Crippen molar-refractivity contribution in [3.8, 4) is 0 Å². The first kappa shape index (κ1) is 13.3. The molecule has 2 rings (SSSR count). The summed E-state index contributed by atoms with van der Waals surface area (Å²) in [5.41, 5.74) is 0.811. The summed E-state index contributed by atoms with van der Waals surface area (Å²) in [7, 11) is -3.22. The zero-order valence-electron chi connectivity index (χ0n) is 10.6. The minimum absolute atomic E-state index is 0.0961. The summed E-state index contributed by atoms with van der Waals surface area (Å²) in [5.74, 6) is 0. The Bertz CT molecular complexity index is 499. The first-order valence-corrected chi connectivity index (χ1v) is 7.90. The molecule has 2 unspecified atom stereocenters. The van der Waals surface area contributed by atoms with Crippen molar-refractivity contribution in [1.82, 2.24) is 4.98 Å². The summed E-state index contributed by atoms with van der Waals surface area (Å²) in [4.78, 5) is 3.92. The Morgan fingerprint density at radius 2 is 2.22 bits per heavy atom. The molecule has 1 N–H and O–H groups in total. The number of hydrogen-bond donors (Lipinski definition) is 1. The van der Waals surface area contributed by atoms with Gasteiger partial charge < -0.3 is 10.1 Å². The number of nitrogens with zero attached hydrogens (tertiary/aromatic N) is 1. The predicted octanol–water partition coefficient (Wildman–Crippen LogP) is 1.46. The molecule has 100 valence electrons. The predicted molar refractivity (Wildman–Crippen MR) is 69.4 cm³/mol. The third-order valence-corrected chi connectivity index (χ3v) is 3.97. The number of aromatic nitrogens is 1. The smallest absolute Gasteiger partial charge is 0.192 e. The lowest BCUT2D eigenvalue weighted by atomic mass is 10.2. The van der Waals surface area contributed by atoms with E-state index in [1.807, 2.05) is 0 Å². The Balaban J connectivity index is 1.91. The molecule has 0 aliphatic carbocycles. The van der Waals surface area contributed by atoms with E-state index in [-0.39, 0.29) is 11.1 Å². The molecule has 6 heteroatoms. The third kappa shape index (κ3) is 3.43. The second-order valence-corrected chi connectivity index (χ2v) is 6.65. The maximum absolute atomic E-state index is 11.2. The molecule has 1 aliphatic heterocycles. The molecule has 1 aromatic rings. The summed E-state index contributed by atoms with van der Waals surface area (Å²) < 4.78 is 28.2. The van der Waals surface area contributed by atoms with Crippen LogP contribution in [0, 0.1) is 0 Å². The number of anilines is 1. The van der Waals surface area contributed by atoms with Gasteiger partial charge in [0.2, 0.25) is 0 Å². The number of rotatable bonds is 4. The topological polar surface area (TPSA) is 68.3 Å². The van der Waals surface area contributed by atoms with E-state index in [1.54, 1.807) is 6.07 Å². The largest absolute Gasteiger partial charge is 0.381 e. The van der Waals surface area contributed by atoms with Crippen LogP contribution in [0.25, 0.3) is 0 Å². The van der Waals surface area contributed by atoms with Crippen LogP contribution in [0.2, 0.25) is 0 Å². The summed E-state index contributed by atoms with van der Waals surface area (Å²) in [6, 6.07) is 3.23. The van der Waals surface area contributed by atoms with Crippen molar-refractivity contribution in [2.75, 3.05) is 18.1 Å². The average molecular weight is 270 g/mol. The third-order valence-electron chi connectivity index (χ3n) is 2.97. The molecule has 1 saturated heterocycles. The fraction of sp³-hybridized carbons (Fsp3) is 0.583. The molecule has 0 amide bonds. The molecule has 1 fully saturated rings. The van der Waals surface area contributed by atoms with Gasteiger partial charge in [-0.25, -0.2) is 13.4 Å². The van der Waals surface area contributed by atoms with E-state index in [9.17, 15) is 8.42 Å². The maximum atomic E-state index is 11.2. The SMILES string of the molecule is CC1CCC(CNc2ccc(S(C)(=O)=O)nc2)O1. The number of nitrogens with one attached hydrogen (secondary N) is 1. The van der Waals surface area contributed by atoms with Crippen LogP contribution in [0.5, 0.6) is 0 Å². The number of ether oxygens (including phenoxy) is 1. The van der Waals surface area contributed by atoms with Crippen LogP contribution < -0.4 is 5.32 Å². The molecule has 1 aromatic heterocycles. The van der Waals surface area contributed by atoms with Crippen molar-refractivity contribution in [2.24, 2.45) is 0 Å². The lowest BCUT2D eigenvalue weighted by Gasteiger charge is -2.13. The average Bonchev–Trinajstić information content (AvgIpc) is 2.72. The molecule has 0 aromatic carbocycles. The molecule has 0 radical (unpaired) electrons. The molecule has 2 heterocycles. The van der Waals surface area contributed by atoms with Gasteiger partial charge in [-0.05, 0) is 31.9 Å². The monoisotopic (exact) mass is 270 g/mol. The summed E-state index contributed by atoms with van der Waals surface area (Å²) in [6.45, 7) is 2.80. The van der Waals surface area contributed by atoms with E-state index in [1.165, 1.54) is 12.3 Å². The zero-order valence-corrected chi connectivity index (χ0v) is 11.4. The molecule has 0 spiro atoms. The van der Waals surface area contributed by atoms with E-state index in [4.69, 9.17) is 4.74 Å². The normalized spacial score (nSPS) is 24.1. The van der Waals surface area contributed by atoms with E-state index >= 15 is 0 Å². The van der Waals surface area contributed by atoms with Gasteiger partial charge >= 0.3 is 0 Å². The Labute approximate surface area is 107 Å². The van der Waals surface area contributed by atoms with E-state index in [0.29, 0.717) is 6.10 Å². The van der Waals surface area contributed by atoms with E-state index in [0.717, 1.165) is 31.3 Å². The van der Waals surface area contributed by atoms with Crippen LogP contribution >= 0.6 is 0 Å². The van der Waals surface area contributed by atoms with Crippen molar-refractivity contribution in [2.45, 2.75) is 37.0 Å². The fourth-order valence-corrected chi connectivity index (χ4v) is 2.53. The minimum Gasteiger partial charge on any atom is -0.381 e. The second kappa shape index (κ2) is 5.24. The van der Waals surface area contributed by atoms with Crippen LogP contribution in [0.3, 0.4) is 0 Å². The highest BCUT2D eigenvalue weighted by Gasteiger charge is 2.21. The zero-order chi connectivity index (χ0) is 13.2. The Morgan fingerprint density at radius 1 is 1.44 bits per heavy atom. The molecule has 0 saturated carbocycles. The Kier molecular flexibility index (Phi) is 3.87. The van der Waals surface area contributed by atoms with Gasteiger partial charge in [-0.3, -0.25) is 0 Å². The minimum atomic E-state index is -3.22. The van der Waals surface area contributed by atoms with Gasteiger partial charge in [-0.1, -0.05) is 0 Å². The molecule has 1 aliphatic rings. The number of pyridine rings is 1. The van der Waals surface area contributed by atoms with Gasteiger partial charge in [0.05, 0.1) is 24.1 Å². The first-order chi connectivity index (χ1) is 8.45. The highest BCUT2D eigenvalue weighted by atomic mass is 32.2. The molecule has 0 bridgehead atoms. The highest BCUT2D eigenvalue weighted by molar-refractivity contribution is 7.90. The fourth-order valence-electron chi connectivity index (χ4n) is 1.97. The van der Waals surface area contributed by atoms with E-state index in [2.05, 4.69) is 17.2 Å². The standard InChI is InChI=1S/C12H18N2O3S/c1-9-3-5-11(17-9)8-13-10-4-6-12(14-7-10)18(2,15)16/h4,6-7,9,11,13H,3,5,8H2,1-2H3. The Morgan fingerprint density at radius 3 is 2.72 bits per heavy atom. The van der Waals surface area contributed by atoms with Crippen molar-refractivity contribution in [1.29, 1.82) is 0 Å². The summed E-state index contributed by atoms with van der Waals surface area (Å²) in [5, 5.41) is 3.30. The van der Waals surface area contributed by atoms with Gasteiger partial charge in [-0.15, -0.1) is 0 Å². The molecular weight excluding hydrogens is 252 g/mol. The van der Waals surface area contributed by atoms with Crippen LogP contribution in [0.1, 0.15) is 19.8 Å². The van der Waals surface area contributed by atoms with Crippen molar-refractivity contribution in [3.63, 3.8) is 0 Å². The first-order valence-electron chi connectivity index (χ1n) is 6.00. The van der Waals surface area contributed by atoms with Crippen molar-refractivity contribution >= 4 is 15.5 Å². The molecular formula is C12H18N2O3S. The van der Waals surface area contributed by atoms with Gasteiger partial charge in [-0.2, -0.15) is 0 Å². The molecule has 5 nitrogen and oxygen atoms in total. The van der Waals surface area contributed by atoms with Crippen LogP contribution in [0.4, 0.5) is 5.69 Å². The van der Waals surface area contributed by atoms with Gasteiger partial charge in [0, 0.05) is 12.8 Å². The lowest BCUT2D eigenvalue weighted by Crippen LogP contribution is -2.19. The lowest BCUT2D eigenvalue weighted by molar-refractivity contribution is 0.0637. The summed E-state index contributed by atoms with van der Waals surface area (Å²) in [6.07, 6.45) is 5.41.